The Hall–Kier alpha value is -3.94. The van der Waals surface area contributed by atoms with E-state index in [4.69, 9.17) is 10.6 Å². The van der Waals surface area contributed by atoms with Crippen LogP contribution < -0.4 is 15.9 Å². The first-order chi connectivity index (χ1) is 15.1. The predicted octanol–water partition coefficient (Wildman–Crippen LogP) is 2.58. The molecule has 0 aliphatic carbocycles. The maximum atomic E-state index is 12.6. The van der Waals surface area contributed by atoms with E-state index in [9.17, 15) is 4.79 Å². The van der Waals surface area contributed by atoms with Crippen LogP contribution in [0.15, 0.2) is 65.1 Å². The van der Waals surface area contributed by atoms with Crippen molar-refractivity contribution in [2.75, 3.05) is 13.7 Å². The Balaban J connectivity index is 0.00000289. The molecule has 8 heteroatoms. The zero-order valence-corrected chi connectivity index (χ0v) is 17.4. The van der Waals surface area contributed by atoms with E-state index >= 15 is 0 Å². The number of nitrogens with one attached hydrogen (secondary N) is 1. The first-order valence-electron chi connectivity index (χ1n) is 9.96. The molecule has 1 unspecified atom stereocenters. The number of nitrogens with two attached hydrogens (primary N) is 1. The lowest BCUT2D eigenvalue weighted by Gasteiger charge is -2.13. The van der Waals surface area contributed by atoms with Crippen molar-refractivity contribution in [2.45, 2.75) is 19.4 Å². The number of rotatable bonds is 5. The van der Waals surface area contributed by atoms with Gasteiger partial charge in [0.05, 0.1) is 31.0 Å². The van der Waals surface area contributed by atoms with Crippen LogP contribution in [0.1, 0.15) is 29.9 Å². The maximum Gasteiger partial charge on any atom is 0.249 e. The summed E-state index contributed by atoms with van der Waals surface area (Å²) in [4.78, 5) is 21.4. The number of fused-ring (bicyclic) bond motifs is 1. The van der Waals surface area contributed by atoms with Crippen molar-refractivity contribution in [3.05, 3.63) is 77.4 Å². The van der Waals surface area contributed by atoms with E-state index in [-0.39, 0.29) is 7.33 Å². The Morgan fingerprint density at radius 2 is 2.19 bits per heavy atom. The van der Waals surface area contributed by atoms with E-state index in [1.54, 1.807) is 19.7 Å². The number of ether oxygens (including phenoxy) is 1. The molecular weight excluding hydrogens is 392 g/mol. The maximum absolute atomic E-state index is 12.6. The summed E-state index contributed by atoms with van der Waals surface area (Å²) >= 11 is 0. The number of hydrogen-bond acceptors (Lipinski definition) is 6. The molecule has 3 N–H and O–H groups in total. The van der Waals surface area contributed by atoms with Gasteiger partial charge in [-0.1, -0.05) is 30.3 Å². The Labute approximate surface area is 182 Å². The van der Waals surface area contributed by atoms with E-state index in [1.807, 2.05) is 60.2 Å². The van der Waals surface area contributed by atoms with Crippen molar-refractivity contribution < 1.29 is 11.0 Å². The van der Waals surface area contributed by atoms with Gasteiger partial charge in [0.15, 0.2) is 6.04 Å². The molecule has 4 rings (SSSR count). The second kappa shape index (κ2) is 8.83. The largest absolute Gasteiger partial charge is 0.495 e. The molecule has 0 fully saturated rings. The van der Waals surface area contributed by atoms with Crippen LogP contribution in [0, 0.1) is 6.92 Å². The van der Waals surface area contributed by atoms with Gasteiger partial charge in [-0.3, -0.25) is 9.79 Å². The molecule has 1 aliphatic heterocycles. The fourth-order valence-electron chi connectivity index (χ4n) is 3.67. The molecule has 1 aromatic heterocycles. The lowest BCUT2D eigenvalue weighted by molar-refractivity contribution is -0.122. The van der Waals surface area contributed by atoms with Gasteiger partial charge in [0.2, 0.25) is 5.91 Å². The molecule has 1 amide bonds. The van der Waals surface area contributed by atoms with E-state index in [0.29, 0.717) is 18.0 Å². The van der Waals surface area contributed by atoms with Gasteiger partial charge in [-0.05, 0) is 36.6 Å². The van der Waals surface area contributed by atoms with Crippen molar-refractivity contribution in [1.29, 1.82) is 0 Å². The van der Waals surface area contributed by atoms with Gasteiger partial charge in [-0.15, -0.1) is 0 Å². The Morgan fingerprint density at radius 1 is 1.35 bits per heavy atom. The summed E-state index contributed by atoms with van der Waals surface area (Å²) in [6.45, 7) is 2.51. The van der Waals surface area contributed by atoms with Crippen LogP contribution in [0.4, 0.5) is 0 Å². The number of aliphatic imine (C=N–C) groups is 1. The molecule has 3 aromatic rings. The lowest BCUT2D eigenvalue weighted by atomic mass is 9.99. The second-order valence-electron chi connectivity index (χ2n) is 7.24. The summed E-state index contributed by atoms with van der Waals surface area (Å²) in [6, 6.07) is 12.8. The molecule has 8 nitrogen and oxygen atoms in total. The van der Waals surface area contributed by atoms with Gasteiger partial charge in [-0.2, -0.15) is 5.10 Å². The van der Waals surface area contributed by atoms with Gasteiger partial charge in [0.25, 0.3) is 0 Å². The van der Waals surface area contributed by atoms with Crippen LogP contribution in [0.25, 0.3) is 5.69 Å². The third-order valence-electron chi connectivity index (χ3n) is 5.24. The van der Waals surface area contributed by atoms with Crippen LogP contribution >= 0.6 is 0 Å². The summed E-state index contributed by atoms with van der Waals surface area (Å²) in [5, 5.41) is 6.81. The molecule has 31 heavy (non-hydrogen) atoms. The standard InChI is InChI=1S/C23H24N6O2.H2/c1-15-13-29(14-27-15)20-8-7-17(11-21(20)31-2)19(28-24)12-26-22-18-6-4-3-5-16(18)9-10-25-23(22)30;/h3-8,11-14,22H,9-10,24H2,1-2H3,(H,25,30);1H/b26-12?,28-19+;. The highest BCUT2D eigenvalue weighted by molar-refractivity contribution is 6.38. The van der Waals surface area contributed by atoms with Crippen molar-refractivity contribution in [3.8, 4) is 11.4 Å². The van der Waals surface area contributed by atoms with Crippen molar-refractivity contribution in [3.63, 3.8) is 0 Å². The van der Waals surface area contributed by atoms with Crippen LogP contribution in [-0.4, -0.2) is 41.0 Å². The number of amides is 1. The summed E-state index contributed by atoms with van der Waals surface area (Å²) < 4.78 is 7.45. The number of aryl methyl sites for hydroxylation is 1. The minimum absolute atomic E-state index is 0. The summed E-state index contributed by atoms with van der Waals surface area (Å²) in [7, 11) is 1.60. The fourth-order valence-corrected chi connectivity index (χ4v) is 3.67. The molecule has 0 saturated carbocycles. The highest BCUT2D eigenvalue weighted by Crippen LogP contribution is 2.26. The third-order valence-corrected chi connectivity index (χ3v) is 5.24. The first kappa shape index (κ1) is 20.3. The molecule has 0 radical (unpaired) electrons. The van der Waals surface area contributed by atoms with Crippen LogP contribution in [0.5, 0.6) is 5.75 Å². The van der Waals surface area contributed by atoms with Gasteiger partial charge in [0.1, 0.15) is 11.5 Å². The van der Waals surface area contributed by atoms with Crippen LogP contribution in [-0.2, 0) is 11.2 Å². The number of carbonyl (C=O) groups excluding carboxylic acids is 1. The molecule has 0 bridgehead atoms. The molecule has 2 aromatic carbocycles. The normalized spacial score (nSPS) is 16.6. The quantitative estimate of drug-likeness (QED) is 0.377. The third kappa shape index (κ3) is 4.18. The number of benzene rings is 2. The van der Waals surface area contributed by atoms with Crippen molar-refractivity contribution in [2.24, 2.45) is 15.9 Å². The number of hydrazone groups is 1. The van der Waals surface area contributed by atoms with E-state index in [2.05, 4.69) is 20.4 Å². The van der Waals surface area contributed by atoms with Gasteiger partial charge >= 0.3 is 0 Å². The Kier molecular flexibility index (Phi) is 5.79. The highest BCUT2D eigenvalue weighted by Gasteiger charge is 2.24. The summed E-state index contributed by atoms with van der Waals surface area (Å²) in [6.07, 6.45) is 5.97. The lowest BCUT2D eigenvalue weighted by Crippen LogP contribution is -2.27. The van der Waals surface area contributed by atoms with Crippen molar-refractivity contribution >= 4 is 17.8 Å². The number of imidazole rings is 1. The molecule has 0 saturated heterocycles. The number of carbonyl (C=O) groups is 1. The van der Waals surface area contributed by atoms with Crippen LogP contribution in [0.2, 0.25) is 0 Å². The predicted molar refractivity (Wildman–Crippen MR) is 122 cm³/mol. The zero-order valence-electron chi connectivity index (χ0n) is 17.4. The molecule has 0 spiro atoms. The Bertz CT molecular complexity index is 1170. The number of aromatic nitrogens is 2. The number of hydrogen-bond donors (Lipinski definition) is 2. The van der Waals surface area contributed by atoms with Crippen LogP contribution in [0.3, 0.4) is 0 Å². The monoisotopic (exact) mass is 418 g/mol. The van der Waals surface area contributed by atoms with Crippen molar-refractivity contribution in [1.82, 2.24) is 14.9 Å². The zero-order chi connectivity index (χ0) is 21.8. The van der Waals surface area contributed by atoms with E-state index < -0.39 is 6.04 Å². The molecular formula is C23H26N6O2. The highest BCUT2D eigenvalue weighted by atomic mass is 16.5. The minimum Gasteiger partial charge on any atom is -0.495 e. The summed E-state index contributed by atoms with van der Waals surface area (Å²) in [5.74, 6) is 6.17. The average molecular weight is 419 g/mol. The van der Waals surface area contributed by atoms with Gasteiger partial charge in [-0.25, -0.2) is 4.98 Å². The molecule has 160 valence electrons. The number of methoxy groups -OCH3 is 1. The smallest absolute Gasteiger partial charge is 0.249 e. The second-order valence-corrected chi connectivity index (χ2v) is 7.24. The first-order valence-corrected chi connectivity index (χ1v) is 9.96. The van der Waals surface area contributed by atoms with Gasteiger partial charge < -0.3 is 20.5 Å². The van der Waals surface area contributed by atoms with E-state index in [0.717, 1.165) is 34.5 Å². The average Bonchev–Trinajstić information content (AvgIpc) is 3.15. The topological polar surface area (TPSA) is 107 Å². The Morgan fingerprint density at radius 3 is 2.94 bits per heavy atom. The van der Waals surface area contributed by atoms with Gasteiger partial charge in [0, 0.05) is 19.7 Å². The SMILES string of the molecule is COc1cc(/C(C=NC2C(=O)NCCc3ccccc32)=N/N)ccc1-n1cnc(C)c1.[HH]. The number of nitrogens with zero attached hydrogens (tertiary/aromatic N) is 4. The molecule has 1 aliphatic rings. The fraction of sp³-hybridized carbons (Fsp3) is 0.217. The van der Waals surface area contributed by atoms with E-state index in [1.165, 1.54) is 0 Å². The summed E-state index contributed by atoms with van der Waals surface area (Å²) in [5.41, 5.74) is 4.93. The minimum atomic E-state index is -0.648. The molecule has 1 atom stereocenters. The molecule has 2 heterocycles.